The highest BCUT2D eigenvalue weighted by atomic mass is 16.6. The van der Waals surface area contributed by atoms with Gasteiger partial charge in [0.05, 0.1) is 29.9 Å². The lowest BCUT2D eigenvalue weighted by atomic mass is 10.1. The first kappa shape index (κ1) is 21.0. The Morgan fingerprint density at radius 3 is 2.62 bits per heavy atom. The smallest absolute Gasteiger partial charge is 0.138 e. The summed E-state index contributed by atoms with van der Waals surface area (Å²) in [6.07, 6.45) is 0.923. The molecule has 0 spiro atoms. The van der Waals surface area contributed by atoms with Crippen LogP contribution >= 0.6 is 0 Å². The summed E-state index contributed by atoms with van der Waals surface area (Å²) in [6.45, 7) is 5.85. The van der Waals surface area contributed by atoms with Crippen LogP contribution in [0.25, 0.3) is 22.3 Å². The molecule has 0 N–H and O–H groups in total. The Labute approximate surface area is 188 Å². The van der Waals surface area contributed by atoms with Gasteiger partial charge in [0.25, 0.3) is 0 Å². The van der Waals surface area contributed by atoms with Gasteiger partial charge in [0.1, 0.15) is 18.0 Å². The lowest BCUT2D eigenvalue weighted by Crippen LogP contribution is -2.35. The largest absolute Gasteiger partial charge is 0.395 e. The Balaban J connectivity index is 1.49. The summed E-state index contributed by atoms with van der Waals surface area (Å²) in [5.74, 6) is 0. The standard InChI is InChI=1S/C25H29N5O2/c1-29(2)11-6-14-32-28-24-20-9-4-3-8-19(20)23-25(24)26-21-10-5-7-18(22(21)27-23)17-30-12-15-31-16-13-30/h3-5,7-10H,6,11-17H2,1-2H3/b28-24+. The van der Waals surface area contributed by atoms with Crippen LogP contribution in [0.5, 0.6) is 0 Å². The molecule has 0 atom stereocenters. The highest BCUT2D eigenvalue weighted by Gasteiger charge is 2.29. The van der Waals surface area contributed by atoms with Crippen LogP contribution < -0.4 is 0 Å². The van der Waals surface area contributed by atoms with Gasteiger partial charge in [0, 0.05) is 37.3 Å². The number of aromatic nitrogens is 2. The normalized spacial score (nSPS) is 17.2. The average Bonchev–Trinajstić information content (AvgIpc) is 3.11. The summed E-state index contributed by atoms with van der Waals surface area (Å²) in [6, 6.07) is 14.5. The molecule has 1 saturated heterocycles. The van der Waals surface area contributed by atoms with Gasteiger partial charge in [-0.25, -0.2) is 9.97 Å². The molecule has 32 heavy (non-hydrogen) atoms. The van der Waals surface area contributed by atoms with Gasteiger partial charge in [-0.1, -0.05) is 41.6 Å². The molecule has 2 heterocycles. The molecule has 0 saturated carbocycles. The molecular weight excluding hydrogens is 402 g/mol. The molecule has 1 aliphatic heterocycles. The molecule has 1 aromatic heterocycles. The van der Waals surface area contributed by atoms with Crippen molar-refractivity contribution in [3.63, 3.8) is 0 Å². The number of oxime groups is 1. The third kappa shape index (κ3) is 4.24. The fourth-order valence-corrected chi connectivity index (χ4v) is 4.29. The van der Waals surface area contributed by atoms with E-state index in [9.17, 15) is 0 Å². The quantitative estimate of drug-likeness (QED) is 0.331. The topological polar surface area (TPSA) is 63.1 Å². The van der Waals surface area contributed by atoms with Gasteiger partial charge in [-0.2, -0.15) is 0 Å². The number of hydrogen-bond acceptors (Lipinski definition) is 7. The van der Waals surface area contributed by atoms with E-state index in [0.717, 1.165) is 85.1 Å². The molecule has 0 radical (unpaired) electrons. The number of morpholine rings is 1. The van der Waals surface area contributed by atoms with E-state index in [2.05, 4.69) is 53.3 Å². The van der Waals surface area contributed by atoms with Crippen molar-refractivity contribution < 1.29 is 9.57 Å². The van der Waals surface area contributed by atoms with Crippen molar-refractivity contribution in [3.05, 3.63) is 59.3 Å². The van der Waals surface area contributed by atoms with E-state index in [1.54, 1.807) is 0 Å². The number of rotatable bonds is 7. The molecule has 7 nitrogen and oxygen atoms in total. The predicted molar refractivity (Wildman–Crippen MR) is 126 cm³/mol. The summed E-state index contributed by atoms with van der Waals surface area (Å²) in [7, 11) is 4.12. The summed E-state index contributed by atoms with van der Waals surface area (Å²) < 4.78 is 5.50. The van der Waals surface area contributed by atoms with Crippen molar-refractivity contribution in [2.45, 2.75) is 13.0 Å². The number of para-hydroxylation sites is 1. The number of benzene rings is 2. The van der Waals surface area contributed by atoms with Crippen LogP contribution in [0.1, 0.15) is 23.2 Å². The molecule has 3 aromatic rings. The molecule has 2 aromatic carbocycles. The molecule has 0 bridgehead atoms. The van der Waals surface area contributed by atoms with Gasteiger partial charge in [0.2, 0.25) is 0 Å². The first-order valence-electron chi connectivity index (χ1n) is 11.3. The summed E-state index contributed by atoms with van der Waals surface area (Å²) in [5.41, 5.74) is 7.60. The highest BCUT2D eigenvalue weighted by molar-refractivity contribution is 6.23. The Kier molecular flexibility index (Phi) is 6.12. The fourth-order valence-electron chi connectivity index (χ4n) is 4.29. The lowest BCUT2D eigenvalue weighted by Gasteiger charge is -2.26. The molecule has 0 unspecified atom stereocenters. The van der Waals surface area contributed by atoms with Crippen molar-refractivity contribution in [1.82, 2.24) is 19.8 Å². The predicted octanol–water partition coefficient (Wildman–Crippen LogP) is 3.16. The molecule has 0 amide bonds. The van der Waals surface area contributed by atoms with Crippen LogP contribution in [0.2, 0.25) is 0 Å². The zero-order valence-corrected chi connectivity index (χ0v) is 18.8. The van der Waals surface area contributed by atoms with Crippen LogP contribution in [0.4, 0.5) is 0 Å². The third-order valence-electron chi connectivity index (χ3n) is 5.93. The summed E-state index contributed by atoms with van der Waals surface area (Å²) in [5, 5.41) is 4.50. The van der Waals surface area contributed by atoms with Crippen LogP contribution in [-0.4, -0.2) is 79.0 Å². The zero-order chi connectivity index (χ0) is 21.9. The van der Waals surface area contributed by atoms with Crippen molar-refractivity contribution in [2.24, 2.45) is 5.16 Å². The number of hydrogen-bond donors (Lipinski definition) is 0. The van der Waals surface area contributed by atoms with Crippen molar-refractivity contribution in [3.8, 4) is 11.3 Å². The highest BCUT2D eigenvalue weighted by Crippen LogP contribution is 2.36. The van der Waals surface area contributed by atoms with Gasteiger partial charge in [-0.15, -0.1) is 0 Å². The second-order valence-electron chi connectivity index (χ2n) is 8.57. The van der Waals surface area contributed by atoms with Gasteiger partial charge in [0.15, 0.2) is 0 Å². The Bertz CT molecular complexity index is 1140. The maximum atomic E-state index is 5.69. The summed E-state index contributed by atoms with van der Waals surface area (Å²) in [4.78, 5) is 20.4. The zero-order valence-electron chi connectivity index (χ0n) is 18.8. The molecular formula is C25H29N5O2. The van der Waals surface area contributed by atoms with Crippen molar-refractivity contribution >= 4 is 16.7 Å². The van der Waals surface area contributed by atoms with Crippen LogP contribution in [-0.2, 0) is 16.1 Å². The van der Waals surface area contributed by atoms with E-state index in [4.69, 9.17) is 19.5 Å². The minimum Gasteiger partial charge on any atom is -0.395 e. The van der Waals surface area contributed by atoms with Crippen molar-refractivity contribution in [2.75, 3.05) is 53.6 Å². The van der Waals surface area contributed by atoms with Gasteiger partial charge < -0.3 is 14.5 Å². The lowest BCUT2D eigenvalue weighted by molar-refractivity contribution is 0.0343. The molecule has 1 fully saturated rings. The van der Waals surface area contributed by atoms with E-state index < -0.39 is 0 Å². The number of nitrogens with zero attached hydrogens (tertiary/aromatic N) is 5. The van der Waals surface area contributed by atoms with Crippen LogP contribution in [0, 0.1) is 0 Å². The first-order valence-corrected chi connectivity index (χ1v) is 11.3. The minimum absolute atomic E-state index is 0.573. The molecule has 166 valence electrons. The van der Waals surface area contributed by atoms with E-state index in [1.165, 1.54) is 5.56 Å². The van der Waals surface area contributed by atoms with E-state index in [1.807, 2.05) is 18.2 Å². The Morgan fingerprint density at radius 1 is 1.00 bits per heavy atom. The third-order valence-corrected chi connectivity index (χ3v) is 5.93. The number of ether oxygens (including phenoxy) is 1. The van der Waals surface area contributed by atoms with Crippen LogP contribution in [0.3, 0.4) is 0 Å². The second kappa shape index (κ2) is 9.32. The summed E-state index contributed by atoms with van der Waals surface area (Å²) >= 11 is 0. The van der Waals surface area contributed by atoms with E-state index >= 15 is 0 Å². The fraction of sp³-hybridized carbons (Fsp3) is 0.400. The van der Waals surface area contributed by atoms with Crippen molar-refractivity contribution in [1.29, 1.82) is 0 Å². The molecule has 7 heteroatoms. The van der Waals surface area contributed by atoms with Crippen LogP contribution in [0.15, 0.2) is 47.6 Å². The number of fused-ring (bicyclic) bond motifs is 4. The molecule has 2 aliphatic rings. The van der Waals surface area contributed by atoms with E-state index in [0.29, 0.717) is 6.61 Å². The maximum Gasteiger partial charge on any atom is 0.138 e. The van der Waals surface area contributed by atoms with E-state index in [-0.39, 0.29) is 0 Å². The van der Waals surface area contributed by atoms with Gasteiger partial charge >= 0.3 is 0 Å². The maximum absolute atomic E-state index is 5.69. The molecule has 1 aliphatic carbocycles. The SMILES string of the molecule is CN(C)CCCO/N=C1\c2ccccc2-c2nc3c(CN4CCOCC4)cccc3nc21. The minimum atomic E-state index is 0.573. The Morgan fingerprint density at radius 2 is 1.81 bits per heavy atom. The molecule has 5 rings (SSSR count). The van der Waals surface area contributed by atoms with Gasteiger partial charge in [-0.05, 0) is 32.1 Å². The van der Waals surface area contributed by atoms with Gasteiger partial charge in [-0.3, -0.25) is 4.90 Å². The second-order valence-corrected chi connectivity index (χ2v) is 8.57. The Hall–Kier alpha value is -2.87. The average molecular weight is 432 g/mol. The first-order chi connectivity index (χ1) is 15.7. The monoisotopic (exact) mass is 431 g/mol.